The fraction of sp³-hybridized carbons (Fsp3) is 0.121. The maximum atomic E-state index is 13.0. The Bertz CT molecular complexity index is 1780. The van der Waals surface area contributed by atoms with E-state index in [1.165, 1.54) is 7.11 Å². The second-order valence-corrected chi connectivity index (χ2v) is 9.02. The van der Waals surface area contributed by atoms with Crippen molar-refractivity contribution in [3.63, 3.8) is 0 Å². The summed E-state index contributed by atoms with van der Waals surface area (Å²) in [5, 5.41) is 0.590. The van der Waals surface area contributed by atoms with Crippen molar-refractivity contribution >= 4 is 22.7 Å². The van der Waals surface area contributed by atoms with Crippen molar-refractivity contribution < 1.29 is 33.3 Å². The van der Waals surface area contributed by atoms with Crippen molar-refractivity contribution in [2.24, 2.45) is 0 Å². The number of carbonyl (C=O) groups is 2. The molecule has 0 amide bonds. The second-order valence-electron chi connectivity index (χ2n) is 9.02. The van der Waals surface area contributed by atoms with Crippen LogP contribution in [0.4, 0.5) is 0 Å². The number of fused-ring (bicyclic) bond motifs is 1. The van der Waals surface area contributed by atoms with Crippen LogP contribution in [0.1, 0.15) is 33.3 Å². The van der Waals surface area contributed by atoms with Gasteiger partial charge in [-0.25, -0.2) is 9.59 Å². The van der Waals surface area contributed by atoms with Gasteiger partial charge < -0.3 is 28.7 Å². The topological polar surface area (TPSA) is 113 Å². The first kappa shape index (κ1) is 28.0. The molecule has 0 bridgehead atoms. The van der Waals surface area contributed by atoms with Crippen LogP contribution < -0.4 is 19.8 Å². The van der Waals surface area contributed by atoms with Gasteiger partial charge in [0.05, 0.1) is 24.7 Å². The number of aromatic amines is 1. The van der Waals surface area contributed by atoms with Crippen molar-refractivity contribution in [3.8, 4) is 28.7 Å². The predicted molar refractivity (Wildman–Crippen MR) is 156 cm³/mol. The summed E-state index contributed by atoms with van der Waals surface area (Å²) in [5.74, 6) is 0.847. The van der Waals surface area contributed by atoms with Gasteiger partial charge in [0, 0.05) is 10.9 Å². The third kappa shape index (κ3) is 6.26. The van der Waals surface area contributed by atoms with E-state index < -0.39 is 17.5 Å². The molecular weight excluding hydrogens is 538 g/mol. The second kappa shape index (κ2) is 12.7. The van der Waals surface area contributed by atoms with Crippen LogP contribution in [-0.4, -0.2) is 30.6 Å². The molecule has 1 aromatic heterocycles. The molecule has 0 unspecified atom stereocenters. The Morgan fingerprint density at radius 2 is 1.33 bits per heavy atom. The lowest BCUT2D eigenvalue weighted by Gasteiger charge is -2.16. The van der Waals surface area contributed by atoms with Crippen LogP contribution in [0.2, 0.25) is 0 Å². The molecule has 1 N–H and O–H groups in total. The van der Waals surface area contributed by atoms with E-state index in [0.29, 0.717) is 33.9 Å². The van der Waals surface area contributed by atoms with Gasteiger partial charge in [-0.1, -0.05) is 36.4 Å². The number of nitrogens with one attached hydrogen (secondary N) is 1. The molecule has 0 radical (unpaired) electrons. The Hall–Kier alpha value is -5.57. The van der Waals surface area contributed by atoms with Crippen LogP contribution in [-0.2, 0) is 16.1 Å². The first-order valence-corrected chi connectivity index (χ1v) is 13.1. The van der Waals surface area contributed by atoms with Gasteiger partial charge in [-0.3, -0.25) is 4.79 Å². The Morgan fingerprint density at radius 1 is 0.714 bits per heavy atom. The minimum absolute atomic E-state index is 0.0758. The van der Waals surface area contributed by atoms with Gasteiger partial charge in [0.25, 0.3) is 5.56 Å². The summed E-state index contributed by atoms with van der Waals surface area (Å²) in [6.07, 6.45) is 0. The van der Waals surface area contributed by atoms with Crippen molar-refractivity contribution in [3.05, 3.63) is 124 Å². The molecule has 4 aromatic carbocycles. The van der Waals surface area contributed by atoms with E-state index in [1.807, 2.05) is 36.4 Å². The van der Waals surface area contributed by atoms with Gasteiger partial charge in [-0.15, -0.1) is 0 Å². The number of rotatable bonds is 10. The van der Waals surface area contributed by atoms with E-state index in [4.69, 9.17) is 23.7 Å². The van der Waals surface area contributed by atoms with E-state index in [1.54, 1.807) is 67.6 Å². The summed E-state index contributed by atoms with van der Waals surface area (Å²) in [6.45, 7) is 1.74. The fourth-order valence-electron chi connectivity index (χ4n) is 4.30. The third-order valence-electron chi connectivity index (χ3n) is 6.24. The van der Waals surface area contributed by atoms with Crippen molar-refractivity contribution in [2.45, 2.75) is 13.5 Å². The summed E-state index contributed by atoms with van der Waals surface area (Å²) < 4.78 is 28.2. The minimum Gasteiger partial charge on any atom is -0.486 e. The molecule has 5 aromatic rings. The lowest BCUT2D eigenvalue weighted by molar-refractivity contribution is 0.0521. The summed E-state index contributed by atoms with van der Waals surface area (Å²) in [7, 11) is 1.20. The molecule has 0 atom stereocenters. The Balaban J connectivity index is 1.53. The number of pyridine rings is 1. The average Bonchev–Trinajstić information content (AvgIpc) is 3.01. The highest BCUT2D eigenvalue weighted by Gasteiger charge is 2.22. The monoisotopic (exact) mass is 565 g/mol. The summed E-state index contributed by atoms with van der Waals surface area (Å²) >= 11 is 0. The summed E-state index contributed by atoms with van der Waals surface area (Å²) in [6, 6.07) is 28.1. The van der Waals surface area contributed by atoms with E-state index in [-0.39, 0.29) is 35.6 Å². The normalized spacial score (nSPS) is 10.6. The first-order valence-electron chi connectivity index (χ1n) is 13.1. The average molecular weight is 566 g/mol. The number of ether oxygens (including phenoxy) is 5. The Labute approximate surface area is 241 Å². The van der Waals surface area contributed by atoms with Gasteiger partial charge in [-0.2, -0.15) is 0 Å². The molecule has 0 aliphatic heterocycles. The Morgan fingerprint density at radius 3 is 1.95 bits per heavy atom. The molecule has 0 fully saturated rings. The standard InChI is InChI=1S/C33H27NO8/c1-3-39-32(36)26-16-14-24(41-22-10-6-4-7-11-22)18-21(26)20-40-30-27-17-15-25(42-23-12-8-5-9-13-23)19-28(27)31(35)34-29(30)33(37)38-2/h4-19H,3,20H2,1-2H3,(H,34,35). The SMILES string of the molecule is CCOC(=O)c1ccc(Oc2ccccc2)cc1COc1c(C(=O)OC)[nH]c(=O)c2cc(Oc3ccccc3)ccc12. The van der Waals surface area contributed by atoms with Crippen molar-refractivity contribution in [1.29, 1.82) is 0 Å². The number of H-pyrrole nitrogens is 1. The third-order valence-corrected chi connectivity index (χ3v) is 6.24. The largest absolute Gasteiger partial charge is 0.486 e. The molecule has 9 heteroatoms. The van der Waals surface area contributed by atoms with Gasteiger partial charge in [-0.05, 0) is 67.6 Å². The highest BCUT2D eigenvalue weighted by molar-refractivity contribution is 5.99. The van der Waals surface area contributed by atoms with Crippen LogP contribution in [0.15, 0.2) is 102 Å². The molecule has 212 valence electrons. The van der Waals surface area contributed by atoms with Gasteiger partial charge in [0.1, 0.15) is 29.6 Å². The zero-order chi connectivity index (χ0) is 29.5. The number of methoxy groups -OCH3 is 1. The predicted octanol–water partition coefficient (Wildman–Crippen LogP) is 6.66. The van der Waals surface area contributed by atoms with Gasteiger partial charge in [0.15, 0.2) is 11.4 Å². The number of esters is 2. The van der Waals surface area contributed by atoms with E-state index in [0.717, 1.165) is 0 Å². The molecule has 0 saturated heterocycles. The van der Waals surface area contributed by atoms with E-state index in [2.05, 4.69) is 4.98 Å². The van der Waals surface area contributed by atoms with Crippen LogP contribution >= 0.6 is 0 Å². The molecule has 9 nitrogen and oxygen atoms in total. The number of aromatic nitrogens is 1. The molecule has 0 aliphatic carbocycles. The maximum absolute atomic E-state index is 13.0. The number of hydrogen-bond acceptors (Lipinski definition) is 8. The minimum atomic E-state index is -0.791. The first-order chi connectivity index (χ1) is 20.5. The van der Waals surface area contributed by atoms with Gasteiger partial charge in [0.2, 0.25) is 0 Å². The molecule has 0 aliphatic rings. The molecule has 5 rings (SSSR count). The molecule has 42 heavy (non-hydrogen) atoms. The van der Waals surface area contributed by atoms with Crippen LogP contribution in [0, 0.1) is 0 Å². The quantitative estimate of drug-likeness (QED) is 0.187. The van der Waals surface area contributed by atoms with Crippen LogP contribution in [0.25, 0.3) is 10.8 Å². The smallest absolute Gasteiger partial charge is 0.358 e. The maximum Gasteiger partial charge on any atom is 0.358 e. The van der Waals surface area contributed by atoms with E-state index >= 15 is 0 Å². The zero-order valence-electron chi connectivity index (χ0n) is 22.9. The van der Waals surface area contributed by atoms with Crippen molar-refractivity contribution in [2.75, 3.05) is 13.7 Å². The number of carbonyl (C=O) groups excluding carboxylic acids is 2. The van der Waals surface area contributed by atoms with Gasteiger partial charge >= 0.3 is 11.9 Å². The Kier molecular flexibility index (Phi) is 8.48. The lowest BCUT2D eigenvalue weighted by atomic mass is 10.1. The fourth-order valence-corrected chi connectivity index (χ4v) is 4.30. The molecule has 1 heterocycles. The highest BCUT2D eigenvalue weighted by atomic mass is 16.5. The molecule has 0 saturated carbocycles. The van der Waals surface area contributed by atoms with Crippen molar-refractivity contribution in [1.82, 2.24) is 4.98 Å². The molecule has 0 spiro atoms. The number of benzene rings is 4. The lowest BCUT2D eigenvalue weighted by Crippen LogP contribution is -2.17. The van der Waals surface area contributed by atoms with Crippen LogP contribution in [0.3, 0.4) is 0 Å². The van der Waals surface area contributed by atoms with Crippen LogP contribution in [0.5, 0.6) is 28.7 Å². The van der Waals surface area contributed by atoms with E-state index in [9.17, 15) is 14.4 Å². The highest BCUT2D eigenvalue weighted by Crippen LogP contribution is 2.33. The summed E-state index contributed by atoms with van der Waals surface area (Å²) in [5.41, 5.74) is 0.0214. The molecular formula is C33H27NO8. The summed E-state index contributed by atoms with van der Waals surface area (Å²) in [4.78, 5) is 41.0. The zero-order valence-corrected chi connectivity index (χ0v) is 22.9. The number of para-hydroxylation sites is 2. The number of hydrogen-bond donors (Lipinski definition) is 1.